The van der Waals surface area contributed by atoms with Crippen molar-refractivity contribution in [2.75, 3.05) is 12.3 Å². The molecule has 0 bridgehead atoms. The number of hydrogen-bond acceptors (Lipinski definition) is 8. The van der Waals surface area contributed by atoms with Gasteiger partial charge in [-0.3, -0.25) is 14.1 Å². The fourth-order valence-corrected chi connectivity index (χ4v) is 7.63. The Morgan fingerprint density at radius 3 is 2.06 bits per heavy atom. The number of H-pyrrole nitrogens is 1. The van der Waals surface area contributed by atoms with E-state index in [1.54, 1.807) is 61.5 Å². The number of amides is 1. The number of aromatic nitrogens is 1. The van der Waals surface area contributed by atoms with Crippen LogP contribution in [0.15, 0.2) is 71.6 Å². The molecule has 4 aromatic rings. The summed E-state index contributed by atoms with van der Waals surface area (Å²) in [4.78, 5) is 39.1. The number of aryl methyl sites for hydroxylation is 2. The summed E-state index contributed by atoms with van der Waals surface area (Å²) in [6.45, 7) is 5.42. The van der Waals surface area contributed by atoms with Gasteiger partial charge in [0, 0.05) is 31.1 Å². The number of nitrogens with zero attached hydrogens (tertiary/aromatic N) is 1. The lowest BCUT2D eigenvalue weighted by molar-refractivity contribution is -0.312. The van der Waals surface area contributed by atoms with E-state index in [2.05, 4.69) is 4.98 Å². The molecule has 3 N–H and O–H groups in total. The Kier molecular flexibility index (Phi) is 14.4. The molecule has 1 aromatic heterocycles. The van der Waals surface area contributed by atoms with Gasteiger partial charge in [-0.15, -0.1) is 0 Å². The van der Waals surface area contributed by atoms with Crippen molar-refractivity contribution in [1.82, 2.24) is 4.31 Å². The lowest BCUT2D eigenvalue weighted by Crippen LogP contribution is -2.38. The van der Waals surface area contributed by atoms with Crippen LogP contribution in [0.3, 0.4) is 0 Å². The smallest absolute Gasteiger partial charge is 0.303 e. The molecule has 1 heterocycles. The Labute approximate surface area is 293 Å². The summed E-state index contributed by atoms with van der Waals surface area (Å²) in [7, 11) is -8.58. The fraction of sp³-hybridized carbons (Fsp3) is 0.389. The maximum Gasteiger partial charge on any atom is 0.303 e. The topological polar surface area (TPSA) is 200 Å². The van der Waals surface area contributed by atoms with Crippen LogP contribution in [0, 0.1) is 12.8 Å². The SMILES string of the molecule is CCCC(CCC)C(=O)[O-].Cc1ccc(S(=O)(=O)N(CCCC(=O)O)C(=O)c2c3ccccc3[nH+]c3cccc(CCCS(=O)(=O)O)c23)cc1. The average Bonchev–Trinajstić information content (AvgIpc) is 3.05. The molecule has 0 aliphatic heterocycles. The van der Waals surface area contributed by atoms with Crippen molar-refractivity contribution in [3.8, 4) is 0 Å². The summed E-state index contributed by atoms with van der Waals surface area (Å²) in [5.74, 6) is -3.53. The predicted molar refractivity (Wildman–Crippen MR) is 187 cm³/mol. The van der Waals surface area contributed by atoms with E-state index in [0.29, 0.717) is 27.4 Å². The number of sulfonamides is 1. The molecule has 0 aliphatic rings. The summed E-state index contributed by atoms with van der Waals surface area (Å²) in [6.07, 6.45) is 3.21. The van der Waals surface area contributed by atoms with Crippen LogP contribution in [-0.2, 0) is 36.2 Å². The Morgan fingerprint density at radius 1 is 0.860 bits per heavy atom. The number of benzene rings is 3. The Morgan fingerprint density at radius 2 is 1.48 bits per heavy atom. The molecule has 270 valence electrons. The third-order valence-electron chi connectivity index (χ3n) is 8.12. The zero-order chi connectivity index (χ0) is 37.1. The van der Waals surface area contributed by atoms with E-state index >= 15 is 0 Å². The predicted octanol–water partition coefficient (Wildman–Crippen LogP) is 4.58. The molecule has 0 aliphatic carbocycles. The van der Waals surface area contributed by atoms with Gasteiger partial charge in [0.2, 0.25) is 11.0 Å². The normalized spacial score (nSPS) is 11.7. The van der Waals surface area contributed by atoms with Crippen molar-refractivity contribution >= 4 is 59.8 Å². The number of carboxylic acid groups (broad SMARTS) is 2. The summed E-state index contributed by atoms with van der Waals surface area (Å²) in [5, 5.41) is 20.4. The number of hydrogen-bond donors (Lipinski definition) is 2. The molecule has 0 saturated carbocycles. The highest BCUT2D eigenvalue weighted by atomic mass is 32.2. The summed E-state index contributed by atoms with van der Waals surface area (Å²) < 4.78 is 60.2. The summed E-state index contributed by atoms with van der Waals surface area (Å²) in [6, 6.07) is 18.1. The highest BCUT2D eigenvalue weighted by Crippen LogP contribution is 2.31. The third kappa shape index (κ3) is 10.8. The molecule has 0 fully saturated rings. The molecule has 0 unspecified atom stereocenters. The Hall–Kier alpha value is -4.40. The van der Waals surface area contributed by atoms with Crippen LogP contribution >= 0.6 is 0 Å². The second-order valence-electron chi connectivity index (χ2n) is 12.1. The number of pyridine rings is 1. The van der Waals surface area contributed by atoms with E-state index < -0.39 is 43.7 Å². The molecular weight excluding hydrogens is 685 g/mol. The van der Waals surface area contributed by atoms with E-state index in [0.717, 1.165) is 35.6 Å². The first-order chi connectivity index (χ1) is 23.6. The Balaban J connectivity index is 0.000000588. The molecule has 14 heteroatoms. The summed E-state index contributed by atoms with van der Waals surface area (Å²) in [5.41, 5.74) is 2.62. The lowest BCUT2D eigenvalue weighted by Gasteiger charge is -2.24. The van der Waals surface area contributed by atoms with Crippen LogP contribution in [0.4, 0.5) is 0 Å². The standard InChI is InChI=1S/C28H28N2O8S2.C8H16O2/c1-19-13-15-21(16-14-19)40(37,38)30(17-5-12-25(31)32)28(33)27-22-9-2-3-10-23(22)29-24-11-4-7-20(26(24)27)8-6-18-39(34,35)36;1-3-5-7(6-4-2)8(9)10/h2-4,7,9-11,13-16H,5-6,8,12,17-18H2,1H3,(H,31,32)(H,34,35,36);7H,3-6H2,1-2H3,(H,9,10). The number of fused-ring (bicyclic) bond motifs is 2. The molecule has 12 nitrogen and oxygen atoms in total. The molecule has 0 saturated heterocycles. The van der Waals surface area contributed by atoms with Gasteiger partial charge in [-0.1, -0.05) is 68.7 Å². The largest absolute Gasteiger partial charge is 0.550 e. The number of aliphatic carboxylic acids is 2. The van der Waals surface area contributed by atoms with E-state index in [-0.39, 0.29) is 48.6 Å². The monoisotopic (exact) mass is 728 g/mol. The second kappa shape index (κ2) is 18.0. The van der Waals surface area contributed by atoms with Gasteiger partial charge in [-0.2, -0.15) is 8.42 Å². The number of aromatic amines is 1. The first kappa shape index (κ1) is 40.0. The lowest BCUT2D eigenvalue weighted by atomic mass is 9.95. The minimum atomic E-state index is -4.38. The number of para-hydroxylation sites is 1. The molecule has 0 atom stereocenters. The average molecular weight is 729 g/mol. The second-order valence-corrected chi connectivity index (χ2v) is 15.5. The number of rotatable bonds is 16. The fourth-order valence-electron chi connectivity index (χ4n) is 5.71. The van der Waals surface area contributed by atoms with Crippen molar-refractivity contribution in [2.45, 2.75) is 77.0 Å². The zero-order valence-electron chi connectivity index (χ0n) is 28.4. The molecule has 4 rings (SSSR count). The first-order valence-electron chi connectivity index (χ1n) is 16.5. The Bertz CT molecular complexity index is 2020. The van der Waals surface area contributed by atoms with E-state index in [9.17, 15) is 46.0 Å². The van der Waals surface area contributed by atoms with Crippen LogP contribution < -0.4 is 10.1 Å². The zero-order valence-corrected chi connectivity index (χ0v) is 30.1. The van der Waals surface area contributed by atoms with Crippen LogP contribution in [0.25, 0.3) is 21.8 Å². The molecule has 3 aromatic carbocycles. The maximum atomic E-state index is 14.4. The van der Waals surface area contributed by atoms with Gasteiger partial charge in [0.05, 0.1) is 27.0 Å². The molecule has 50 heavy (non-hydrogen) atoms. The van der Waals surface area contributed by atoms with Crippen molar-refractivity contribution in [1.29, 1.82) is 0 Å². The van der Waals surface area contributed by atoms with Gasteiger partial charge >= 0.3 is 5.97 Å². The van der Waals surface area contributed by atoms with Gasteiger partial charge in [-0.05, 0) is 68.7 Å². The number of carbonyl (C=O) groups is 3. The number of carbonyl (C=O) groups excluding carboxylic acids is 2. The van der Waals surface area contributed by atoms with Crippen LogP contribution in [0.1, 0.15) is 80.3 Å². The highest BCUT2D eigenvalue weighted by molar-refractivity contribution is 7.89. The summed E-state index contributed by atoms with van der Waals surface area (Å²) >= 11 is 0. The van der Waals surface area contributed by atoms with Gasteiger partial charge in [0.15, 0.2) is 0 Å². The molecule has 0 radical (unpaired) electrons. The van der Waals surface area contributed by atoms with Crippen LogP contribution in [-0.4, -0.2) is 60.9 Å². The maximum absolute atomic E-state index is 14.4. The molecular formula is C36H44N2O10S2. The van der Waals surface area contributed by atoms with Crippen molar-refractivity contribution < 1.29 is 51.0 Å². The minimum Gasteiger partial charge on any atom is -0.550 e. The molecule has 0 spiro atoms. The van der Waals surface area contributed by atoms with E-state index in [1.807, 2.05) is 13.8 Å². The van der Waals surface area contributed by atoms with Gasteiger partial charge in [0.25, 0.3) is 26.0 Å². The third-order valence-corrected chi connectivity index (χ3v) is 10.7. The number of nitrogens with one attached hydrogen (secondary N) is 1. The van der Waals surface area contributed by atoms with Crippen LogP contribution in [0.5, 0.6) is 0 Å². The van der Waals surface area contributed by atoms with E-state index in [4.69, 9.17) is 0 Å². The van der Waals surface area contributed by atoms with Gasteiger partial charge in [-0.25, -0.2) is 17.7 Å². The minimum absolute atomic E-state index is 0.0718. The molecule has 1 amide bonds. The quantitative estimate of drug-likeness (QED) is 0.122. The van der Waals surface area contributed by atoms with Crippen molar-refractivity contribution in [3.63, 3.8) is 0 Å². The van der Waals surface area contributed by atoms with Crippen molar-refractivity contribution in [2.24, 2.45) is 5.92 Å². The number of carboxylic acids is 2. The van der Waals surface area contributed by atoms with E-state index in [1.165, 1.54) is 12.1 Å². The van der Waals surface area contributed by atoms with Crippen LogP contribution in [0.2, 0.25) is 0 Å². The highest BCUT2D eigenvalue weighted by Gasteiger charge is 2.34. The first-order valence-corrected chi connectivity index (χ1v) is 19.5. The van der Waals surface area contributed by atoms with Gasteiger partial charge in [0.1, 0.15) is 0 Å². The van der Waals surface area contributed by atoms with Gasteiger partial charge < -0.3 is 15.0 Å². The van der Waals surface area contributed by atoms with Crippen molar-refractivity contribution in [3.05, 3.63) is 83.4 Å².